The highest BCUT2D eigenvalue weighted by atomic mass is 16.5. The molecule has 5 heteroatoms. The third-order valence-electron chi connectivity index (χ3n) is 3.78. The number of nitrogens with two attached hydrogens (primary N) is 1. The van der Waals surface area contributed by atoms with Gasteiger partial charge in [0.25, 0.3) is 0 Å². The average molecular weight is 316 g/mol. The van der Waals surface area contributed by atoms with Gasteiger partial charge in [0.05, 0.1) is 0 Å². The van der Waals surface area contributed by atoms with E-state index in [1.54, 1.807) is 4.52 Å². The van der Waals surface area contributed by atoms with Crippen LogP contribution in [0.4, 0.5) is 5.95 Å². The number of nitrogens with zero attached hydrogens (tertiary/aromatic N) is 3. The molecule has 0 bridgehead atoms. The van der Waals surface area contributed by atoms with Gasteiger partial charge in [-0.1, -0.05) is 42.5 Å². The third-order valence-corrected chi connectivity index (χ3v) is 3.78. The number of anilines is 1. The quantitative estimate of drug-likeness (QED) is 0.625. The smallest absolute Gasteiger partial charge is 0.240 e. The molecule has 0 unspecified atom stereocenters. The van der Waals surface area contributed by atoms with Crippen LogP contribution in [0.25, 0.3) is 16.8 Å². The zero-order chi connectivity index (χ0) is 16.4. The van der Waals surface area contributed by atoms with Crippen molar-refractivity contribution in [2.45, 2.75) is 6.61 Å². The molecule has 0 amide bonds. The van der Waals surface area contributed by atoms with Gasteiger partial charge in [0.2, 0.25) is 5.95 Å². The van der Waals surface area contributed by atoms with Gasteiger partial charge in [0, 0.05) is 11.8 Å². The van der Waals surface area contributed by atoms with Gasteiger partial charge in [-0.15, -0.1) is 5.10 Å². The van der Waals surface area contributed by atoms with E-state index in [0.717, 1.165) is 28.1 Å². The summed E-state index contributed by atoms with van der Waals surface area (Å²) in [5, 5.41) is 4.14. The predicted octanol–water partition coefficient (Wildman–Crippen LogP) is 3.56. The number of nitrogen functional groups attached to an aromatic ring is 1. The van der Waals surface area contributed by atoms with Crippen LogP contribution in [0.5, 0.6) is 5.75 Å². The lowest BCUT2D eigenvalue weighted by Gasteiger charge is -2.07. The van der Waals surface area contributed by atoms with Crippen molar-refractivity contribution in [2.75, 3.05) is 5.73 Å². The van der Waals surface area contributed by atoms with Gasteiger partial charge in [-0.3, -0.25) is 0 Å². The second kappa shape index (κ2) is 6.04. The Morgan fingerprint density at radius 1 is 0.875 bits per heavy atom. The molecule has 2 heterocycles. The Hall–Kier alpha value is -3.34. The van der Waals surface area contributed by atoms with Gasteiger partial charge in [-0.2, -0.15) is 4.98 Å². The van der Waals surface area contributed by atoms with Crippen molar-refractivity contribution >= 4 is 11.6 Å². The molecule has 4 rings (SSSR count). The van der Waals surface area contributed by atoms with Crippen LogP contribution >= 0.6 is 0 Å². The van der Waals surface area contributed by atoms with Crippen molar-refractivity contribution in [1.82, 2.24) is 14.6 Å². The number of rotatable bonds is 4. The number of hydrogen-bond acceptors (Lipinski definition) is 4. The molecular formula is C19H16N4O. The van der Waals surface area contributed by atoms with Crippen LogP contribution < -0.4 is 10.5 Å². The number of ether oxygens (including phenoxy) is 1. The van der Waals surface area contributed by atoms with Crippen LogP contribution in [0.2, 0.25) is 0 Å². The summed E-state index contributed by atoms with van der Waals surface area (Å²) in [6.07, 6.45) is 1.92. The Morgan fingerprint density at radius 3 is 2.42 bits per heavy atom. The molecule has 118 valence electrons. The van der Waals surface area contributed by atoms with Crippen molar-refractivity contribution in [3.8, 4) is 16.9 Å². The molecule has 2 aromatic carbocycles. The molecule has 0 aliphatic rings. The lowest BCUT2D eigenvalue weighted by Crippen LogP contribution is -1.95. The van der Waals surface area contributed by atoms with Crippen LogP contribution in [-0.4, -0.2) is 14.6 Å². The Kier molecular flexibility index (Phi) is 3.59. The number of hydrogen-bond donors (Lipinski definition) is 1. The van der Waals surface area contributed by atoms with Crippen molar-refractivity contribution < 1.29 is 4.74 Å². The molecule has 2 aromatic heterocycles. The van der Waals surface area contributed by atoms with Crippen LogP contribution in [0.15, 0.2) is 72.9 Å². The summed E-state index contributed by atoms with van der Waals surface area (Å²) >= 11 is 0. The van der Waals surface area contributed by atoms with E-state index in [1.165, 1.54) is 0 Å². The summed E-state index contributed by atoms with van der Waals surface area (Å²) in [6.45, 7) is 0.560. The number of aromatic nitrogens is 3. The summed E-state index contributed by atoms with van der Waals surface area (Å²) in [5.74, 6) is 1.12. The van der Waals surface area contributed by atoms with Gasteiger partial charge >= 0.3 is 0 Å². The average Bonchev–Trinajstić information content (AvgIpc) is 3.00. The van der Waals surface area contributed by atoms with Gasteiger partial charge in [-0.05, 0) is 35.4 Å². The topological polar surface area (TPSA) is 65.4 Å². The second-order valence-corrected chi connectivity index (χ2v) is 5.49. The van der Waals surface area contributed by atoms with Crippen molar-refractivity contribution in [3.63, 3.8) is 0 Å². The summed E-state index contributed by atoms with van der Waals surface area (Å²) < 4.78 is 7.50. The highest BCUT2D eigenvalue weighted by Gasteiger charge is 2.04. The largest absolute Gasteiger partial charge is 0.489 e. The molecule has 0 aliphatic carbocycles. The maximum atomic E-state index is 5.81. The zero-order valence-corrected chi connectivity index (χ0v) is 13.0. The minimum atomic E-state index is 0.275. The van der Waals surface area contributed by atoms with E-state index in [0.29, 0.717) is 6.61 Å². The number of fused-ring (bicyclic) bond motifs is 1. The van der Waals surface area contributed by atoms with E-state index >= 15 is 0 Å². The molecule has 5 nitrogen and oxygen atoms in total. The van der Waals surface area contributed by atoms with Crippen molar-refractivity contribution in [1.29, 1.82) is 0 Å². The SMILES string of the molecule is Nc1nc2ccc(-c3ccc(OCc4ccccc4)cc3)cn2n1. The van der Waals surface area contributed by atoms with Gasteiger partial charge in [-0.25, -0.2) is 4.52 Å². The fourth-order valence-corrected chi connectivity index (χ4v) is 2.56. The van der Waals surface area contributed by atoms with Crippen molar-refractivity contribution in [3.05, 3.63) is 78.5 Å². The van der Waals surface area contributed by atoms with E-state index in [2.05, 4.69) is 10.1 Å². The fraction of sp³-hybridized carbons (Fsp3) is 0.0526. The second-order valence-electron chi connectivity index (χ2n) is 5.49. The van der Waals surface area contributed by atoms with Crippen LogP contribution in [0.1, 0.15) is 5.56 Å². The summed E-state index contributed by atoms with van der Waals surface area (Å²) in [7, 11) is 0. The Bertz CT molecular complexity index is 962. The first kappa shape index (κ1) is 14.3. The standard InChI is InChI=1S/C19H16N4O/c20-19-21-18-11-8-16(12-23(18)22-19)15-6-9-17(10-7-15)24-13-14-4-2-1-3-5-14/h1-12H,13H2,(H2,20,22). The normalized spacial score (nSPS) is 10.8. The Labute approximate surface area is 139 Å². The molecule has 0 saturated carbocycles. The van der Waals surface area contributed by atoms with Gasteiger partial charge in [0.1, 0.15) is 12.4 Å². The molecule has 0 atom stereocenters. The first-order valence-electron chi connectivity index (χ1n) is 7.67. The molecular weight excluding hydrogens is 300 g/mol. The molecule has 2 N–H and O–H groups in total. The lowest BCUT2D eigenvalue weighted by atomic mass is 10.1. The maximum absolute atomic E-state index is 5.81. The lowest BCUT2D eigenvalue weighted by molar-refractivity contribution is 0.306. The monoisotopic (exact) mass is 316 g/mol. The molecule has 24 heavy (non-hydrogen) atoms. The van der Waals surface area contributed by atoms with Gasteiger partial charge in [0.15, 0.2) is 5.65 Å². The number of pyridine rings is 1. The number of benzene rings is 2. The minimum Gasteiger partial charge on any atom is -0.489 e. The Balaban J connectivity index is 1.52. The van der Waals surface area contributed by atoms with Gasteiger partial charge < -0.3 is 10.5 Å². The molecule has 0 radical (unpaired) electrons. The molecule has 0 saturated heterocycles. The van der Waals surface area contributed by atoms with Crippen LogP contribution in [0, 0.1) is 0 Å². The van der Waals surface area contributed by atoms with E-state index in [1.807, 2.05) is 72.9 Å². The molecule has 4 aromatic rings. The molecule has 0 spiro atoms. The van der Waals surface area contributed by atoms with E-state index in [4.69, 9.17) is 10.5 Å². The first-order valence-corrected chi connectivity index (χ1v) is 7.67. The van der Waals surface area contributed by atoms with E-state index in [9.17, 15) is 0 Å². The predicted molar refractivity (Wildman–Crippen MR) is 93.6 cm³/mol. The van der Waals surface area contributed by atoms with Crippen LogP contribution in [-0.2, 0) is 6.61 Å². The van der Waals surface area contributed by atoms with Crippen LogP contribution in [0.3, 0.4) is 0 Å². The highest BCUT2D eigenvalue weighted by molar-refractivity contribution is 5.65. The maximum Gasteiger partial charge on any atom is 0.240 e. The Morgan fingerprint density at radius 2 is 1.62 bits per heavy atom. The summed E-state index contributed by atoms with van der Waals surface area (Å²) in [5.41, 5.74) is 9.63. The third kappa shape index (κ3) is 2.92. The van der Waals surface area contributed by atoms with E-state index < -0.39 is 0 Å². The van der Waals surface area contributed by atoms with E-state index in [-0.39, 0.29) is 5.95 Å². The minimum absolute atomic E-state index is 0.275. The van der Waals surface area contributed by atoms with Crippen molar-refractivity contribution in [2.24, 2.45) is 0 Å². The first-order chi connectivity index (χ1) is 11.8. The molecule has 0 fully saturated rings. The fourth-order valence-electron chi connectivity index (χ4n) is 2.56. The highest BCUT2D eigenvalue weighted by Crippen LogP contribution is 2.23. The zero-order valence-electron chi connectivity index (χ0n) is 13.0. The summed E-state index contributed by atoms with van der Waals surface area (Å²) in [6, 6.07) is 22.0. The molecule has 0 aliphatic heterocycles. The summed E-state index contributed by atoms with van der Waals surface area (Å²) in [4.78, 5) is 4.12.